The van der Waals surface area contributed by atoms with Crippen LogP contribution < -0.4 is 4.90 Å². The SMILES string of the molecule is O=C1CC(CBr)CN1c1ncncn1. The molecule has 0 aliphatic carbocycles. The molecule has 1 saturated heterocycles. The van der Waals surface area contributed by atoms with Gasteiger partial charge in [-0.1, -0.05) is 15.9 Å². The normalized spacial score (nSPS) is 21.6. The highest BCUT2D eigenvalue weighted by Gasteiger charge is 2.31. The number of carbonyl (C=O) groups excluding carboxylic acids is 1. The highest BCUT2D eigenvalue weighted by Crippen LogP contribution is 2.22. The number of aromatic nitrogens is 3. The van der Waals surface area contributed by atoms with Crippen LogP contribution in [0.2, 0.25) is 0 Å². The molecule has 1 amide bonds. The zero-order valence-electron chi connectivity index (χ0n) is 7.43. The Labute approximate surface area is 89.7 Å². The quantitative estimate of drug-likeness (QED) is 0.729. The van der Waals surface area contributed by atoms with Crippen molar-refractivity contribution in [1.82, 2.24) is 15.0 Å². The van der Waals surface area contributed by atoms with E-state index in [9.17, 15) is 4.79 Å². The number of nitrogens with zero attached hydrogens (tertiary/aromatic N) is 4. The molecule has 0 spiro atoms. The van der Waals surface area contributed by atoms with Gasteiger partial charge >= 0.3 is 0 Å². The van der Waals surface area contributed by atoms with Gasteiger partial charge < -0.3 is 0 Å². The van der Waals surface area contributed by atoms with Gasteiger partial charge in [-0.3, -0.25) is 9.69 Å². The third-order valence-electron chi connectivity index (χ3n) is 2.14. The lowest BCUT2D eigenvalue weighted by Gasteiger charge is -2.12. The topological polar surface area (TPSA) is 59.0 Å². The molecule has 1 aliphatic heterocycles. The molecule has 1 aromatic heterocycles. The summed E-state index contributed by atoms with van der Waals surface area (Å²) in [5, 5.41) is 0.834. The van der Waals surface area contributed by atoms with Gasteiger partial charge in [0.15, 0.2) is 0 Å². The van der Waals surface area contributed by atoms with Crippen molar-refractivity contribution in [2.75, 3.05) is 16.8 Å². The molecular formula is C8H9BrN4O. The molecule has 1 aliphatic rings. The first-order valence-corrected chi connectivity index (χ1v) is 5.41. The van der Waals surface area contributed by atoms with E-state index in [0.717, 1.165) is 5.33 Å². The van der Waals surface area contributed by atoms with Crippen LogP contribution in [0.4, 0.5) is 5.95 Å². The number of halogens is 1. The highest BCUT2D eigenvalue weighted by atomic mass is 79.9. The van der Waals surface area contributed by atoms with Crippen molar-refractivity contribution in [3.8, 4) is 0 Å². The maximum atomic E-state index is 11.5. The van der Waals surface area contributed by atoms with Gasteiger partial charge in [0.1, 0.15) is 12.7 Å². The number of anilines is 1. The predicted octanol–water partition coefficient (Wildman–Crippen LogP) is 0.619. The van der Waals surface area contributed by atoms with Crippen LogP contribution in [0.15, 0.2) is 12.7 Å². The minimum Gasteiger partial charge on any atom is -0.280 e. The molecule has 1 atom stereocenters. The Bertz CT molecular complexity index is 331. The number of hydrogen-bond acceptors (Lipinski definition) is 4. The third kappa shape index (κ3) is 1.75. The molecule has 1 fully saturated rings. The number of carbonyl (C=O) groups is 1. The van der Waals surface area contributed by atoms with Gasteiger partial charge in [0.25, 0.3) is 0 Å². The van der Waals surface area contributed by atoms with Crippen molar-refractivity contribution in [2.24, 2.45) is 5.92 Å². The molecule has 0 bridgehead atoms. The number of rotatable bonds is 2. The van der Waals surface area contributed by atoms with E-state index in [0.29, 0.717) is 24.8 Å². The summed E-state index contributed by atoms with van der Waals surface area (Å²) in [4.78, 5) is 24.8. The van der Waals surface area contributed by atoms with Gasteiger partial charge in [-0.05, 0) is 5.92 Å². The Balaban J connectivity index is 2.17. The van der Waals surface area contributed by atoms with Crippen LogP contribution in [0.1, 0.15) is 6.42 Å². The lowest BCUT2D eigenvalue weighted by atomic mass is 10.2. The number of alkyl halides is 1. The summed E-state index contributed by atoms with van der Waals surface area (Å²) in [5.41, 5.74) is 0. The minimum absolute atomic E-state index is 0.0839. The fourth-order valence-corrected chi connectivity index (χ4v) is 1.88. The lowest BCUT2D eigenvalue weighted by molar-refractivity contribution is -0.117. The summed E-state index contributed by atoms with van der Waals surface area (Å²) in [6.45, 7) is 0.689. The van der Waals surface area contributed by atoms with Gasteiger partial charge in [-0.15, -0.1) is 0 Å². The summed E-state index contributed by atoms with van der Waals surface area (Å²) in [6, 6.07) is 0. The smallest absolute Gasteiger partial charge is 0.235 e. The van der Waals surface area contributed by atoms with Crippen LogP contribution in [0, 0.1) is 5.92 Å². The number of hydrogen-bond donors (Lipinski definition) is 0. The van der Waals surface area contributed by atoms with E-state index in [2.05, 4.69) is 30.9 Å². The highest BCUT2D eigenvalue weighted by molar-refractivity contribution is 9.09. The second-order valence-electron chi connectivity index (χ2n) is 3.17. The molecule has 1 aromatic rings. The minimum atomic E-state index is 0.0839. The molecule has 6 heteroatoms. The Kier molecular flexibility index (Phi) is 2.72. The van der Waals surface area contributed by atoms with Gasteiger partial charge in [0.05, 0.1) is 0 Å². The monoisotopic (exact) mass is 256 g/mol. The molecular weight excluding hydrogens is 248 g/mol. The molecule has 1 unspecified atom stereocenters. The first-order valence-electron chi connectivity index (χ1n) is 4.29. The summed E-state index contributed by atoms with van der Waals surface area (Å²) in [5.74, 6) is 0.897. The fraction of sp³-hybridized carbons (Fsp3) is 0.500. The summed E-state index contributed by atoms with van der Waals surface area (Å²) < 4.78 is 0. The van der Waals surface area contributed by atoms with Crippen molar-refractivity contribution in [3.05, 3.63) is 12.7 Å². The molecule has 0 radical (unpaired) electrons. The van der Waals surface area contributed by atoms with Crippen LogP contribution in [-0.2, 0) is 4.79 Å². The van der Waals surface area contributed by atoms with Crippen LogP contribution in [0.3, 0.4) is 0 Å². The van der Waals surface area contributed by atoms with Crippen molar-refractivity contribution in [1.29, 1.82) is 0 Å². The maximum absolute atomic E-state index is 11.5. The summed E-state index contributed by atoms with van der Waals surface area (Å²) >= 11 is 3.37. The number of amides is 1. The molecule has 0 aromatic carbocycles. The van der Waals surface area contributed by atoms with E-state index in [1.54, 1.807) is 4.90 Å². The Morgan fingerprint density at radius 1 is 1.50 bits per heavy atom. The molecule has 0 N–H and O–H groups in total. The average Bonchev–Trinajstić information content (AvgIpc) is 2.61. The zero-order valence-corrected chi connectivity index (χ0v) is 9.01. The van der Waals surface area contributed by atoms with E-state index in [1.807, 2.05) is 0 Å². The second-order valence-corrected chi connectivity index (χ2v) is 3.81. The summed E-state index contributed by atoms with van der Waals surface area (Å²) in [7, 11) is 0. The first-order chi connectivity index (χ1) is 6.81. The Hall–Kier alpha value is -1.04. The third-order valence-corrected chi connectivity index (χ3v) is 3.06. The van der Waals surface area contributed by atoms with Gasteiger partial charge in [0, 0.05) is 18.3 Å². The van der Waals surface area contributed by atoms with Gasteiger partial charge in [-0.2, -0.15) is 0 Å². The Morgan fingerprint density at radius 3 is 2.79 bits per heavy atom. The van der Waals surface area contributed by atoms with Crippen LogP contribution in [0.25, 0.3) is 0 Å². The van der Waals surface area contributed by atoms with E-state index in [1.165, 1.54) is 12.7 Å². The fourth-order valence-electron chi connectivity index (χ4n) is 1.45. The van der Waals surface area contributed by atoms with Crippen molar-refractivity contribution in [2.45, 2.75) is 6.42 Å². The van der Waals surface area contributed by atoms with Crippen molar-refractivity contribution >= 4 is 27.8 Å². The first kappa shape index (κ1) is 9.51. The molecule has 14 heavy (non-hydrogen) atoms. The molecule has 2 rings (SSSR count). The van der Waals surface area contributed by atoms with Crippen molar-refractivity contribution in [3.63, 3.8) is 0 Å². The van der Waals surface area contributed by atoms with Crippen molar-refractivity contribution < 1.29 is 4.79 Å². The lowest BCUT2D eigenvalue weighted by Crippen LogP contribution is -2.26. The summed E-state index contributed by atoms with van der Waals surface area (Å²) in [6.07, 6.45) is 3.37. The Morgan fingerprint density at radius 2 is 2.21 bits per heavy atom. The van der Waals surface area contributed by atoms with E-state index in [-0.39, 0.29) is 5.91 Å². The van der Waals surface area contributed by atoms with E-state index in [4.69, 9.17) is 0 Å². The van der Waals surface area contributed by atoms with E-state index >= 15 is 0 Å². The van der Waals surface area contributed by atoms with Gasteiger partial charge in [0.2, 0.25) is 11.9 Å². The maximum Gasteiger partial charge on any atom is 0.235 e. The largest absolute Gasteiger partial charge is 0.280 e. The molecule has 74 valence electrons. The van der Waals surface area contributed by atoms with Crippen LogP contribution in [-0.4, -0.2) is 32.7 Å². The predicted molar refractivity (Wildman–Crippen MR) is 54.1 cm³/mol. The molecule has 5 nitrogen and oxygen atoms in total. The molecule has 0 saturated carbocycles. The standard InChI is InChI=1S/C8H9BrN4O/c9-2-6-1-7(14)13(3-6)8-11-4-10-5-12-8/h4-6H,1-3H2. The van der Waals surface area contributed by atoms with E-state index < -0.39 is 0 Å². The average molecular weight is 257 g/mol. The molecule has 2 heterocycles. The van der Waals surface area contributed by atoms with Crippen LogP contribution in [0.5, 0.6) is 0 Å². The second kappa shape index (κ2) is 4.00. The van der Waals surface area contributed by atoms with Gasteiger partial charge in [-0.25, -0.2) is 15.0 Å². The van der Waals surface area contributed by atoms with Crippen LogP contribution >= 0.6 is 15.9 Å². The zero-order chi connectivity index (χ0) is 9.97.